The van der Waals surface area contributed by atoms with E-state index in [-0.39, 0.29) is 18.6 Å². The third kappa shape index (κ3) is 4.44. The summed E-state index contributed by atoms with van der Waals surface area (Å²) in [6, 6.07) is 6.53. The molecule has 0 radical (unpaired) electrons. The molecule has 19 heavy (non-hydrogen) atoms. The van der Waals surface area contributed by atoms with Crippen LogP contribution in [0, 0.1) is 0 Å². The summed E-state index contributed by atoms with van der Waals surface area (Å²) in [6.45, 7) is 0. The molecule has 0 saturated carbocycles. The molecule has 0 aliphatic carbocycles. The van der Waals surface area contributed by atoms with Crippen LogP contribution in [0.2, 0.25) is 0 Å². The second-order valence-electron chi connectivity index (χ2n) is 4.05. The van der Waals surface area contributed by atoms with Crippen molar-refractivity contribution in [2.24, 2.45) is 0 Å². The molecule has 0 heterocycles. The molecule has 1 rings (SSSR count). The minimum atomic E-state index is -3.45. The molecule has 0 aromatic heterocycles. The van der Waals surface area contributed by atoms with E-state index < -0.39 is 16.0 Å². The van der Waals surface area contributed by atoms with Crippen molar-refractivity contribution in [2.45, 2.75) is 12.8 Å². The van der Waals surface area contributed by atoms with Crippen LogP contribution in [0.4, 0.5) is 11.4 Å². The van der Waals surface area contributed by atoms with E-state index >= 15 is 0 Å². The van der Waals surface area contributed by atoms with Gasteiger partial charge in [-0.3, -0.25) is 9.10 Å². The predicted molar refractivity (Wildman–Crippen MR) is 74.3 cm³/mol. The number of hydrogen-bond donors (Lipinski definition) is 1. The Kier molecular flexibility index (Phi) is 5.17. The third-order valence-corrected chi connectivity index (χ3v) is 4.53. The number of nitrogen functional groups attached to an aromatic ring is 1. The summed E-state index contributed by atoms with van der Waals surface area (Å²) in [4.78, 5) is 10.9. The lowest BCUT2D eigenvalue weighted by Gasteiger charge is -2.19. The highest BCUT2D eigenvalue weighted by Gasteiger charge is 2.18. The lowest BCUT2D eigenvalue weighted by molar-refractivity contribution is -0.140. The second kappa shape index (κ2) is 6.42. The number of nitrogens with zero attached hydrogens (tertiary/aromatic N) is 1. The van der Waals surface area contributed by atoms with Crippen LogP contribution in [0.1, 0.15) is 12.8 Å². The Labute approximate surface area is 113 Å². The summed E-state index contributed by atoms with van der Waals surface area (Å²) < 4.78 is 29.7. The lowest BCUT2D eigenvalue weighted by atomic mass is 10.3. The van der Waals surface area contributed by atoms with Crippen LogP contribution < -0.4 is 10.0 Å². The number of rotatable bonds is 6. The maximum absolute atomic E-state index is 12.0. The summed E-state index contributed by atoms with van der Waals surface area (Å²) >= 11 is 0. The fraction of sp³-hybridized carbons (Fsp3) is 0.417. The summed E-state index contributed by atoms with van der Waals surface area (Å²) in [5.74, 6) is -0.520. The Morgan fingerprint density at radius 2 is 1.89 bits per heavy atom. The Balaban J connectivity index is 2.66. The molecule has 0 fully saturated rings. The first-order chi connectivity index (χ1) is 8.86. The van der Waals surface area contributed by atoms with Crippen molar-refractivity contribution in [1.82, 2.24) is 0 Å². The standard InChI is InChI=1S/C12H18N2O4S/c1-14(11-7-5-10(13)6-8-11)19(16,17)9-3-4-12(15)18-2/h5-8H,3-4,9,13H2,1-2H3. The molecule has 1 aromatic carbocycles. The number of anilines is 2. The van der Waals surface area contributed by atoms with Gasteiger partial charge in [-0.05, 0) is 30.7 Å². The molecule has 0 unspecified atom stereocenters. The van der Waals surface area contributed by atoms with Gasteiger partial charge in [0.15, 0.2) is 0 Å². The van der Waals surface area contributed by atoms with Crippen LogP contribution in [0.25, 0.3) is 0 Å². The van der Waals surface area contributed by atoms with Gasteiger partial charge in [0.05, 0.1) is 18.6 Å². The number of carbonyl (C=O) groups is 1. The van der Waals surface area contributed by atoms with Crippen molar-refractivity contribution in [3.05, 3.63) is 24.3 Å². The van der Waals surface area contributed by atoms with Gasteiger partial charge >= 0.3 is 5.97 Å². The maximum Gasteiger partial charge on any atom is 0.305 e. The summed E-state index contributed by atoms with van der Waals surface area (Å²) in [6.07, 6.45) is 0.319. The molecule has 0 bridgehead atoms. The highest BCUT2D eigenvalue weighted by molar-refractivity contribution is 7.92. The van der Waals surface area contributed by atoms with Crippen molar-refractivity contribution in [2.75, 3.05) is 29.9 Å². The number of methoxy groups -OCH3 is 1. The van der Waals surface area contributed by atoms with Crippen molar-refractivity contribution >= 4 is 27.4 Å². The van der Waals surface area contributed by atoms with Gasteiger partial charge in [-0.25, -0.2) is 8.42 Å². The lowest BCUT2D eigenvalue weighted by Crippen LogP contribution is -2.29. The van der Waals surface area contributed by atoms with Gasteiger partial charge in [0.25, 0.3) is 0 Å². The Hall–Kier alpha value is -1.76. The zero-order chi connectivity index (χ0) is 14.5. The highest BCUT2D eigenvalue weighted by Crippen LogP contribution is 2.18. The van der Waals surface area contributed by atoms with E-state index in [9.17, 15) is 13.2 Å². The highest BCUT2D eigenvalue weighted by atomic mass is 32.2. The van der Waals surface area contributed by atoms with E-state index in [1.807, 2.05) is 0 Å². The fourth-order valence-electron chi connectivity index (χ4n) is 1.48. The zero-order valence-electron chi connectivity index (χ0n) is 11.0. The Bertz CT molecular complexity index is 525. The monoisotopic (exact) mass is 286 g/mol. The van der Waals surface area contributed by atoms with E-state index in [1.165, 1.54) is 18.5 Å². The summed E-state index contributed by atoms with van der Waals surface area (Å²) in [5, 5.41) is 0. The van der Waals surface area contributed by atoms with Crippen LogP contribution in [-0.4, -0.2) is 34.3 Å². The molecular weight excluding hydrogens is 268 g/mol. The number of benzene rings is 1. The fourth-order valence-corrected chi connectivity index (χ4v) is 2.71. The number of esters is 1. The number of carbonyl (C=O) groups excluding carboxylic acids is 1. The molecule has 2 N–H and O–H groups in total. The molecule has 0 spiro atoms. The van der Waals surface area contributed by atoms with Crippen LogP contribution in [0.15, 0.2) is 24.3 Å². The molecule has 7 heteroatoms. The van der Waals surface area contributed by atoms with Gasteiger partial charge < -0.3 is 10.5 Å². The van der Waals surface area contributed by atoms with Crippen molar-refractivity contribution < 1.29 is 17.9 Å². The molecular formula is C12H18N2O4S. The topological polar surface area (TPSA) is 89.7 Å². The number of sulfonamides is 1. The molecule has 0 amide bonds. The predicted octanol–water partition coefficient (Wildman–Crippen LogP) is 0.988. The van der Waals surface area contributed by atoms with Gasteiger partial charge in [0, 0.05) is 19.2 Å². The van der Waals surface area contributed by atoms with E-state index in [1.54, 1.807) is 24.3 Å². The number of nitrogens with two attached hydrogens (primary N) is 1. The minimum Gasteiger partial charge on any atom is -0.469 e. The molecule has 0 aliphatic heterocycles. The van der Waals surface area contributed by atoms with Crippen molar-refractivity contribution in [1.29, 1.82) is 0 Å². The smallest absolute Gasteiger partial charge is 0.305 e. The average Bonchev–Trinajstić information content (AvgIpc) is 2.38. The minimum absolute atomic E-state index is 0.0886. The SMILES string of the molecule is COC(=O)CCCS(=O)(=O)N(C)c1ccc(N)cc1. The van der Waals surface area contributed by atoms with E-state index in [2.05, 4.69) is 4.74 Å². The van der Waals surface area contributed by atoms with Crippen LogP contribution in [0.3, 0.4) is 0 Å². The zero-order valence-corrected chi connectivity index (χ0v) is 11.8. The molecule has 1 aromatic rings. The van der Waals surface area contributed by atoms with Gasteiger partial charge in [0.1, 0.15) is 0 Å². The van der Waals surface area contributed by atoms with Crippen molar-refractivity contribution in [3.63, 3.8) is 0 Å². The maximum atomic E-state index is 12.0. The average molecular weight is 286 g/mol. The van der Waals surface area contributed by atoms with E-state index in [0.717, 1.165) is 0 Å². The number of hydrogen-bond acceptors (Lipinski definition) is 5. The first-order valence-electron chi connectivity index (χ1n) is 5.76. The van der Waals surface area contributed by atoms with Crippen LogP contribution in [0.5, 0.6) is 0 Å². The van der Waals surface area contributed by atoms with E-state index in [0.29, 0.717) is 11.4 Å². The van der Waals surface area contributed by atoms with Gasteiger partial charge in [0.2, 0.25) is 10.0 Å². The normalized spacial score (nSPS) is 11.1. The van der Waals surface area contributed by atoms with Crippen LogP contribution >= 0.6 is 0 Å². The molecule has 0 atom stereocenters. The first kappa shape index (κ1) is 15.3. The number of ether oxygens (including phenoxy) is 1. The summed E-state index contributed by atoms with van der Waals surface area (Å²) in [7, 11) is -0.699. The molecule has 0 saturated heterocycles. The third-order valence-electron chi connectivity index (χ3n) is 2.68. The first-order valence-corrected chi connectivity index (χ1v) is 7.36. The molecule has 0 aliphatic rings. The molecule has 6 nitrogen and oxygen atoms in total. The Morgan fingerprint density at radius 3 is 2.42 bits per heavy atom. The summed E-state index contributed by atoms with van der Waals surface area (Å²) in [5.41, 5.74) is 6.65. The second-order valence-corrected chi connectivity index (χ2v) is 6.17. The van der Waals surface area contributed by atoms with Crippen molar-refractivity contribution in [3.8, 4) is 0 Å². The van der Waals surface area contributed by atoms with Gasteiger partial charge in [-0.2, -0.15) is 0 Å². The largest absolute Gasteiger partial charge is 0.469 e. The van der Waals surface area contributed by atoms with Gasteiger partial charge in [-0.1, -0.05) is 0 Å². The quantitative estimate of drug-likeness (QED) is 0.622. The molecule has 106 valence electrons. The van der Waals surface area contributed by atoms with E-state index in [4.69, 9.17) is 5.73 Å². The Morgan fingerprint density at radius 1 is 1.32 bits per heavy atom. The van der Waals surface area contributed by atoms with Crippen LogP contribution in [-0.2, 0) is 19.6 Å². The van der Waals surface area contributed by atoms with Gasteiger partial charge in [-0.15, -0.1) is 0 Å².